The molecule has 0 bridgehead atoms. The van der Waals surface area contributed by atoms with Crippen LogP contribution in [0.25, 0.3) is 0 Å². The second-order valence-electron chi connectivity index (χ2n) is 5.66. The second-order valence-corrected chi connectivity index (χ2v) is 5.66. The number of aromatic hydroxyl groups is 1. The molecule has 1 atom stereocenters. The Bertz CT molecular complexity index is 356. The number of piperidine rings is 1. The molecule has 0 aromatic heterocycles. The lowest BCUT2D eigenvalue weighted by Crippen LogP contribution is -2.42. The van der Waals surface area contributed by atoms with Crippen LogP contribution >= 0.6 is 0 Å². The zero-order valence-electron chi connectivity index (χ0n) is 10.4. The molecule has 1 aromatic carbocycles. The van der Waals surface area contributed by atoms with Gasteiger partial charge in [-0.25, -0.2) is 0 Å². The van der Waals surface area contributed by atoms with Crippen molar-refractivity contribution < 1.29 is 5.11 Å². The Labute approximate surface area is 97.9 Å². The van der Waals surface area contributed by atoms with Crippen LogP contribution in [0, 0.1) is 5.41 Å². The first-order chi connectivity index (χ1) is 7.49. The highest BCUT2D eigenvalue weighted by Crippen LogP contribution is 2.41. The Morgan fingerprint density at radius 2 is 1.88 bits per heavy atom. The molecular formula is C14H21NO. The smallest absolute Gasteiger partial charge is 0.115 e. The van der Waals surface area contributed by atoms with Crippen molar-refractivity contribution in [3.63, 3.8) is 0 Å². The number of benzene rings is 1. The molecule has 1 aliphatic rings. The third-order valence-corrected chi connectivity index (χ3v) is 3.72. The summed E-state index contributed by atoms with van der Waals surface area (Å²) in [6.45, 7) is 6.97. The van der Waals surface area contributed by atoms with Crippen LogP contribution in [0.1, 0.15) is 31.7 Å². The van der Waals surface area contributed by atoms with Gasteiger partial charge in [0.25, 0.3) is 0 Å². The Balaban J connectivity index is 2.23. The molecule has 2 rings (SSSR count). The standard InChI is InChI=1S/C14H21NO/c1-14(2)10-15(3)9-8-13(14)11-4-6-12(16)7-5-11/h4-7,13,16H,8-10H2,1-3H3. The Kier molecular flexibility index (Phi) is 2.94. The van der Waals surface area contributed by atoms with Gasteiger partial charge in [0.15, 0.2) is 0 Å². The molecule has 1 unspecified atom stereocenters. The van der Waals surface area contributed by atoms with Crippen LogP contribution in [0.4, 0.5) is 0 Å². The van der Waals surface area contributed by atoms with Crippen LogP contribution in [-0.2, 0) is 0 Å². The fourth-order valence-corrected chi connectivity index (χ4v) is 2.95. The first-order valence-electron chi connectivity index (χ1n) is 5.96. The molecule has 2 heteroatoms. The highest BCUT2D eigenvalue weighted by atomic mass is 16.3. The molecular weight excluding hydrogens is 198 g/mol. The lowest BCUT2D eigenvalue weighted by molar-refractivity contribution is 0.114. The Morgan fingerprint density at radius 1 is 1.25 bits per heavy atom. The van der Waals surface area contributed by atoms with E-state index < -0.39 is 0 Å². The van der Waals surface area contributed by atoms with Crippen LogP contribution in [0.3, 0.4) is 0 Å². The third kappa shape index (κ3) is 2.22. The summed E-state index contributed by atoms with van der Waals surface area (Å²) >= 11 is 0. The molecule has 1 N–H and O–H groups in total. The second kappa shape index (κ2) is 4.10. The number of hydrogen-bond acceptors (Lipinski definition) is 2. The van der Waals surface area contributed by atoms with Crippen molar-refractivity contribution in [2.75, 3.05) is 20.1 Å². The summed E-state index contributed by atoms with van der Waals surface area (Å²) in [6.07, 6.45) is 1.20. The van der Waals surface area contributed by atoms with Gasteiger partial charge in [-0.2, -0.15) is 0 Å². The maximum absolute atomic E-state index is 9.32. The molecule has 2 nitrogen and oxygen atoms in total. The van der Waals surface area contributed by atoms with Gasteiger partial charge in [-0.05, 0) is 49.0 Å². The number of nitrogens with zero attached hydrogens (tertiary/aromatic N) is 1. The van der Waals surface area contributed by atoms with E-state index in [-0.39, 0.29) is 0 Å². The summed E-state index contributed by atoms with van der Waals surface area (Å²) in [5.41, 5.74) is 1.67. The number of rotatable bonds is 1. The van der Waals surface area contributed by atoms with Gasteiger partial charge in [-0.3, -0.25) is 0 Å². The average Bonchev–Trinajstić information content (AvgIpc) is 2.18. The topological polar surface area (TPSA) is 23.5 Å². The van der Waals surface area contributed by atoms with Gasteiger partial charge in [-0.15, -0.1) is 0 Å². The minimum Gasteiger partial charge on any atom is -0.508 e. The number of phenolic OH excluding ortho intramolecular Hbond substituents is 1. The van der Waals surface area contributed by atoms with Crippen LogP contribution < -0.4 is 0 Å². The van der Waals surface area contributed by atoms with Gasteiger partial charge in [0.2, 0.25) is 0 Å². The number of hydrogen-bond donors (Lipinski definition) is 1. The lowest BCUT2D eigenvalue weighted by Gasteiger charge is -2.43. The summed E-state index contributed by atoms with van der Waals surface area (Å²) in [7, 11) is 2.19. The predicted molar refractivity (Wildman–Crippen MR) is 66.7 cm³/mol. The summed E-state index contributed by atoms with van der Waals surface area (Å²) in [6, 6.07) is 7.72. The monoisotopic (exact) mass is 219 g/mol. The summed E-state index contributed by atoms with van der Waals surface area (Å²) in [5.74, 6) is 0.957. The van der Waals surface area contributed by atoms with Crippen molar-refractivity contribution >= 4 is 0 Å². The largest absolute Gasteiger partial charge is 0.508 e. The minimum absolute atomic E-state index is 0.309. The van der Waals surface area contributed by atoms with Crippen LogP contribution in [0.2, 0.25) is 0 Å². The third-order valence-electron chi connectivity index (χ3n) is 3.72. The normalized spacial score (nSPS) is 25.6. The van der Waals surface area contributed by atoms with E-state index >= 15 is 0 Å². The molecule has 1 aromatic rings. The molecule has 0 amide bonds. The first-order valence-corrected chi connectivity index (χ1v) is 5.96. The van der Waals surface area contributed by atoms with Crippen molar-refractivity contribution in [2.45, 2.75) is 26.2 Å². The van der Waals surface area contributed by atoms with Crippen molar-refractivity contribution in [1.29, 1.82) is 0 Å². The SMILES string of the molecule is CN1CCC(c2ccc(O)cc2)C(C)(C)C1. The van der Waals surface area contributed by atoms with Gasteiger partial charge in [0.1, 0.15) is 5.75 Å². The summed E-state index contributed by atoms with van der Waals surface area (Å²) in [4.78, 5) is 2.40. The molecule has 0 aliphatic carbocycles. The Hall–Kier alpha value is -1.02. The number of likely N-dealkylation sites (tertiary alicyclic amines) is 1. The van der Waals surface area contributed by atoms with Crippen molar-refractivity contribution in [1.82, 2.24) is 4.90 Å². The molecule has 88 valence electrons. The minimum atomic E-state index is 0.309. The van der Waals surface area contributed by atoms with Crippen LogP contribution in [-0.4, -0.2) is 30.1 Å². The van der Waals surface area contributed by atoms with E-state index in [0.717, 1.165) is 13.1 Å². The van der Waals surface area contributed by atoms with Gasteiger partial charge < -0.3 is 10.0 Å². The molecule has 1 fully saturated rings. The van der Waals surface area contributed by atoms with Crippen molar-refractivity contribution in [2.24, 2.45) is 5.41 Å². The Morgan fingerprint density at radius 3 is 2.44 bits per heavy atom. The average molecular weight is 219 g/mol. The van der Waals surface area contributed by atoms with Gasteiger partial charge in [-0.1, -0.05) is 26.0 Å². The van der Waals surface area contributed by atoms with E-state index in [1.807, 2.05) is 0 Å². The van der Waals surface area contributed by atoms with Crippen LogP contribution in [0.15, 0.2) is 24.3 Å². The van der Waals surface area contributed by atoms with Crippen molar-refractivity contribution in [3.05, 3.63) is 29.8 Å². The van der Waals surface area contributed by atoms with E-state index in [1.54, 1.807) is 12.1 Å². The van der Waals surface area contributed by atoms with E-state index in [2.05, 4.69) is 37.9 Å². The fourth-order valence-electron chi connectivity index (χ4n) is 2.95. The quantitative estimate of drug-likeness (QED) is 0.785. The maximum Gasteiger partial charge on any atom is 0.115 e. The van der Waals surface area contributed by atoms with E-state index in [0.29, 0.717) is 17.1 Å². The van der Waals surface area contributed by atoms with Gasteiger partial charge in [0, 0.05) is 6.54 Å². The molecule has 0 spiro atoms. The lowest BCUT2D eigenvalue weighted by atomic mass is 9.70. The van der Waals surface area contributed by atoms with E-state index in [1.165, 1.54) is 12.0 Å². The fraction of sp³-hybridized carbons (Fsp3) is 0.571. The first kappa shape index (κ1) is 11.5. The summed E-state index contributed by atoms with van der Waals surface area (Å²) in [5, 5.41) is 9.32. The highest BCUT2D eigenvalue weighted by molar-refractivity contribution is 5.30. The number of phenols is 1. The van der Waals surface area contributed by atoms with Gasteiger partial charge in [0.05, 0.1) is 0 Å². The summed E-state index contributed by atoms with van der Waals surface area (Å²) < 4.78 is 0. The van der Waals surface area contributed by atoms with E-state index in [9.17, 15) is 5.11 Å². The zero-order chi connectivity index (χ0) is 11.8. The van der Waals surface area contributed by atoms with Gasteiger partial charge >= 0.3 is 0 Å². The van der Waals surface area contributed by atoms with E-state index in [4.69, 9.17) is 0 Å². The molecule has 0 radical (unpaired) electrons. The highest BCUT2D eigenvalue weighted by Gasteiger charge is 2.35. The predicted octanol–water partition coefficient (Wildman–Crippen LogP) is 2.84. The van der Waals surface area contributed by atoms with Crippen LogP contribution in [0.5, 0.6) is 5.75 Å². The molecule has 1 aliphatic heterocycles. The zero-order valence-corrected chi connectivity index (χ0v) is 10.4. The van der Waals surface area contributed by atoms with Crippen molar-refractivity contribution in [3.8, 4) is 5.75 Å². The molecule has 1 heterocycles. The molecule has 0 saturated carbocycles. The molecule has 1 saturated heterocycles. The maximum atomic E-state index is 9.32. The molecule has 16 heavy (non-hydrogen) atoms.